The molecule has 0 fully saturated rings. The van der Waals surface area contributed by atoms with E-state index < -0.39 is 23.0 Å². The molecule has 0 spiro atoms. The summed E-state index contributed by atoms with van der Waals surface area (Å²) >= 11 is 0. The minimum Gasteiger partial charge on any atom is -0.504 e. The van der Waals surface area contributed by atoms with Crippen molar-refractivity contribution in [2.45, 2.75) is 32.2 Å². The van der Waals surface area contributed by atoms with Crippen LogP contribution in [-0.4, -0.2) is 47.1 Å². The van der Waals surface area contributed by atoms with Crippen LogP contribution in [0.3, 0.4) is 0 Å². The normalized spacial score (nSPS) is 13.6. The van der Waals surface area contributed by atoms with Gasteiger partial charge in [-0.1, -0.05) is 30.3 Å². The molecule has 9 nitrogen and oxygen atoms in total. The van der Waals surface area contributed by atoms with Crippen LogP contribution in [0.4, 0.5) is 0 Å². The first-order valence-electron chi connectivity index (χ1n) is 11.6. The van der Waals surface area contributed by atoms with Crippen LogP contribution in [0.5, 0.6) is 17.2 Å². The summed E-state index contributed by atoms with van der Waals surface area (Å²) in [6, 6.07) is 13.6. The van der Waals surface area contributed by atoms with Crippen molar-refractivity contribution in [2.24, 2.45) is 0 Å². The molecule has 3 N–H and O–H groups in total. The molecule has 0 saturated carbocycles. The second kappa shape index (κ2) is 10.6. The molecule has 0 bridgehead atoms. The van der Waals surface area contributed by atoms with Crippen LogP contribution in [0.1, 0.15) is 40.5 Å². The first-order valence-corrected chi connectivity index (χ1v) is 11.6. The number of nitrogens with one attached hydrogen (secondary N) is 1. The first-order chi connectivity index (χ1) is 17.3. The second-order valence-corrected chi connectivity index (χ2v) is 8.73. The smallest absolute Gasteiger partial charge is 0.242 e. The Morgan fingerprint density at radius 1 is 1.14 bits per heavy atom. The van der Waals surface area contributed by atoms with E-state index in [1.807, 2.05) is 18.2 Å². The summed E-state index contributed by atoms with van der Waals surface area (Å²) in [5.74, 6) is -1.91. The average molecular weight is 493 g/mol. The molecule has 4 rings (SSSR count). The fourth-order valence-corrected chi connectivity index (χ4v) is 4.39. The molecule has 0 radical (unpaired) electrons. The molecule has 9 heteroatoms. The van der Waals surface area contributed by atoms with Gasteiger partial charge in [0.15, 0.2) is 17.3 Å². The Morgan fingerprint density at radius 3 is 2.64 bits per heavy atom. The number of aromatic hydroxyl groups is 2. The molecule has 0 saturated heterocycles. The Balaban J connectivity index is 1.51. The highest BCUT2D eigenvalue weighted by molar-refractivity contribution is 5.85. The van der Waals surface area contributed by atoms with Crippen molar-refractivity contribution in [2.75, 3.05) is 20.2 Å². The zero-order valence-electron chi connectivity index (χ0n) is 20.1. The SMILES string of the molecule is COc1cc([C@@H](CC(=O)NCC(=O)N2CCc3ccccc3C2)c2oc(C)cc(=O)c2O)ccc1O. The summed E-state index contributed by atoms with van der Waals surface area (Å²) in [6.45, 7) is 2.44. The van der Waals surface area contributed by atoms with Crippen molar-refractivity contribution < 1.29 is 29.0 Å². The van der Waals surface area contributed by atoms with E-state index in [1.54, 1.807) is 17.9 Å². The van der Waals surface area contributed by atoms with Crippen LogP contribution >= 0.6 is 0 Å². The molecular formula is C27H28N2O7. The van der Waals surface area contributed by atoms with Crippen molar-refractivity contribution >= 4 is 11.8 Å². The van der Waals surface area contributed by atoms with Gasteiger partial charge in [0.05, 0.1) is 19.6 Å². The van der Waals surface area contributed by atoms with E-state index in [2.05, 4.69) is 11.4 Å². The Bertz CT molecular complexity index is 1350. The lowest BCUT2D eigenvalue weighted by molar-refractivity contribution is -0.133. The molecule has 3 aromatic rings. The largest absolute Gasteiger partial charge is 0.504 e. The van der Waals surface area contributed by atoms with Gasteiger partial charge >= 0.3 is 0 Å². The molecule has 1 aliphatic heterocycles. The summed E-state index contributed by atoms with van der Waals surface area (Å²) in [4.78, 5) is 39.6. The van der Waals surface area contributed by atoms with Gasteiger partial charge in [0.1, 0.15) is 5.76 Å². The van der Waals surface area contributed by atoms with Gasteiger partial charge in [0, 0.05) is 25.6 Å². The minimum atomic E-state index is -0.871. The predicted octanol–water partition coefficient (Wildman–Crippen LogP) is 2.59. The standard InChI is InChI=1S/C27H28N2O7/c1-16-11-22(31)26(34)27(36-16)20(18-7-8-21(30)23(12-18)35-2)13-24(32)28-14-25(33)29-10-9-17-5-3-4-6-19(17)15-29/h3-8,11-12,20,30,34H,9-10,13-15H2,1-2H3,(H,28,32)/t20-/m1/s1. The lowest BCUT2D eigenvalue weighted by Crippen LogP contribution is -2.42. The van der Waals surface area contributed by atoms with Gasteiger partial charge in [-0.15, -0.1) is 0 Å². The zero-order valence-corrected chi connectivity index (χ0v) is 20.1. The number of amides is 2. The van der Waals surface area contributed by atoms with Crippen molar-refractivity contribution in [3.8, 4) is 17.2 Å². The number of hydrogen-bond donors (Lipinski definition) is 3. The van der Waals surface area contributed by atoms with Gasteiger partial charge in [0.2, 0.25) is 23.0 Å². The number of carbonyl (C=O) groups excluding carboxylic acids is 2. The van der Waals surface area contributed by atoms with Gasteiger partial charge < -0.3 is 29.6 Å². The minimum absolute atomic E-state index is 0.0816. The molecule has 2 amide bonds. The van der Waals surface area contributed by atoms with Crippen LogP contribution in [0, 0.1) is 6.92 Å². The average Bonchev–Trinajstić information content (AvgIpc) is 2.88. The van der Waals surface area contributed by atoms with E-state index in [9.17, 15) is 24.6 Å². The van der Waals surface area contributed by atoms with Crippen molar-refractivity contribution in [1.29, 1.82) is 0 Å². The van der Waals surface area contributed by atoms with Gasteiger partial charge in [-0.3, -0.25) is 14.4 Å². The maximum absolute atomic E-state index is 12.9. The van der Waals surface area contributed by atoms with E-state index in [-0.39, 0.29) is 41.9 Å². The molecule has 1 aromatic heterocycles. The van der Waals surface area contributed by atoms with Crippen LogP contribution in [0.2, 0.25) is 0 Å². The molecule has 188 valence electrons. The number of aryl methyl sites for hydroxylation is 1. The van der Waals surface area contributed by atoms with Gasteiger partial charge in [-0.05, 0) is 42.2 Å². The molecule has 2 heterocycles. The number of fused-ring (bicyclic) bond motifs is 1. The van der Waals surface area contributed by atoms with Crippen LogP contribution in [-0.2, 0) is 22.6 Å². The summed E-state index contributed by atoms with van der Waals surface area (Å²) in [5.41, 5.74) is 2.15. The number of phenolic OH excluding ortho intramolecular Hbond substituents is 1. The molecule has 1 atom stereocenters. The molecule has 36 heavy (non-hydrogen) atoms. The third-order valence-electron chi connectivity index (χ3n) is 6.30. The number of rotatable bonds is 7. The Kier molecular flexibility index (Phi) is 7.28. The van der Waals surface area contributed by atoms with E-state index >= 15 is 0 Å². The lowest BCUT2D eigenvalue weighted by atomic mass is 9.91. The van der Waals surface area contributed by atoms with Crippen LogP contribution in [0.15, 0.2) is 57.7 Å². The third kappa shape index (κ3) is 5.35. The first kappa shape index (κ1) is 24.8. The zero-order chi connectivity index (χ0) is 25.8. The van der Waals surface area contributed by atoms with Gasteiger partial charge in [-0.2, -0.15) is 0 Å². The fraction of sp³-hybridized carbons (Fsp3) is 0.296. The van der Waals surface area contributed by atoms with E-state index in [1.165, 1.54) is 24.8 Å². The van der Waals surface area contributed by atoms with Crippen LogP contribution < -0.4 is 15.5 Å². The van der Waals surface area contributed by atoms with E-state index in [0.717, 1.165) is 18.1 Å². The molecule has 0 aliphatic carbocycles. The predicted molar refractivity (Wildman–Crippen MR) is 131 cm³/mol. The Morgan fingerprint density at radius 2 is 1.89 bits per heavy atom. The van der Waals surface area contributed by atoms with Gasteiger partial charge in [-0.25, -0.2) is 0 Å². The quantitative estimate of drug-likeness (QED) is 0.462. The molecule has 0 unspecified atom stereocenters. The summed E-state index contributed by atoms with van der Waals surface area (Å²) in [7, 11) is 1.38. The molecule has 2 aromatic carbocycles. The number of benzene rings is 2. The number of nitrogens with zero attached hydrogens (tertiary/aromatic N) is 1. The highest BCUT2D eigenvalue weighted by Gasteiger charge is 2.27. The molecule has 1 aliphatic rings. The maximum Gasteiger partial charge on any atom is 0.242 e. The summed E-state index contributed by atoms with van der Waals surface area (Å²) < 4.78 is 10.8. The Labute approximate surface area is 207 Å². The van der Waals surface area contributed by atoms with Crippen molar-refractivity contribution in [1.82, 2.24) is 10.2 Å². The second-order valence-electron chi connectivity index (χ2n) is 8.73. The van der Waals surface area contributed by atoms with Crippen molar-refractivity contribution in [3.63, 3.8) is 0 Å². The summed E-state index contributed by atoms with van der Waals surface area (Å²) in [5, 5.41) is 23.1. The van der Waals surface area contributed by atoms with Crippen molar-refractivity contribution in [3.05, 3.63) is 87.0 Å². The number of phenols is 1. The number of methoxy groups -OCH3 is 1. The molecular weight excluding hydrogens is 464 g/mol. The van der Waals surface area contributed by atoms with E-state index in [0.29, 0.717) is 18.7 Å². The number of carbonyl (C=O) groups is 2. The van der Waals surface area contributed by atoms with E-state index in [4.69, 9.17) is 9.15 Å². The third-order valence-corrected chi connectivity index (χ3v) is 6.30. The number of hydrogen-bond acceptors (Lipinski definition) is 7. The lowest BCUT2D eigenvalue weighted by Gasteiger charge is -2.29. The number of ether oxygens (including phenoxy) is 1. The highest BCUT2D eigenvalue weighted by Crippen LogP contribution is 2.37. The Hall–Kier alpha value is -4.27. The fourth-order valence-electron chi connectivity index (χ4n) is 4.39. The summed E-state index contributed by atoms with van der Waals surface area (Å²) in [6.07, 6.45) is 0.538. The maximum atomic E-state index is 12.9. The van der Waals surface area contributed by atoms with Gasteiger partial charge in [0.25, 0.3) is 0 Å². The van der Waals surface area contributed by atoms with Crippen LogP contribution in [0.25, 0.3) is 0 Å². The monoisotopic (exact) mass is 492 g/mol. The highest BCUT2D eigenvalue weighted by atomic mass is 16.5. The topological polar surface area (TPSA) is 129 Å².